The van der Waals surface area contributed by atoms with E-state index < -0.39 is 5.97 Å². The molecule has 0 amide bonds. The number of ether oxygens (including phenoxy) is 1. The molecular formula is C14H14FN3O2. The Bertz CT molecular complexity index is 614. The zero-order valence-electron chi connectivity index (χ0n) is 11.2. The number of rotatable bonds is 4. The molecule has 0 atom stereocenters. The minimum absolute atomic E-state index is 0.248. The second-order valence-electron chi connectivity index (χ2n) is 3.93. The summed E-state index contributed by atoms with van der Waals surface area (Å²) in [5.74, 6) is -0.485. The van der Waals surface area contributed by atoms with Crippen molar-refractivity contribution < 1.29 is 13.9 Å². The number of nitrogens with zero attached hydrogens (tertiary/aromatic N) is 2. The number of benzene rings is 1. The second kappa shape index (κ2) is 6.10. The highest BCUT2D eigenvalue weighted by Gasteiger charge is 2.17. The predicted molar refractivity (Wildman–Crippen MR) is 72.9 cm³/mol. The average molecular weight is 275 g/mol. The van der Waals surface area contributed by atoms with Crippen LogP contribution in [0.2, 0.25) is 0 Å². The largest absolute Gasteiger partial charge is 0.462 e. The van der Waals surface area contributed by atoms with Crippen molar-refractivity contribution in [3.05, 3.63) is 41.8 Å². The Morgan fingerprint density at radius 3 is 2.65 bits per heavy atom. The van der Waals surface area contributed by atoms with Crippen LogP contribution in [0.4, 0.5) is 10.3 Å². The van der Waals surface area contributed by atoms with E-state index in [2.05, 4.69) is 15.3 Å². The molecule has 1 aromatic heterocycles. The van der Waals surface area contributed by atoms with Gasteiger partial charge in [-0.1, -0.05) is 0 Å². The van der Waals surface area contributed by atoms with Crippen LogP contribution in [-0.4, -0.2) is 29.6 Å². The third kappa shape index (κ3) is 2.90. The Balaban J connectivity index is 2.52. The third-order valence-electron chi connectivity index (χ3n) is 2.63. The van der Waals surface area contributed by atoms with Crippen LogP contribution in [0.3, 0.4) is 0 Å². The number of carbonyl (C=O) groups excluding carboxylic acids is 1. The number of hydrogen-bond donors (Lipinski definition) is 1. The number of halogens is 1. The minimum Gasteiger partial charge on any atom is -0.462 e. The lowest BCUT2D eigenvalue weighted by Gasteiger charge is -2.09. The maximum atomic E-state index is 13.0. The Hall–Kier alpha value is -2.50. The monoisotopic (exact) mass is 275 g/mol. The van der Waals surface area contributed by atoms with E-state index in [-0.39, 0.29) is 18.0 Å². The third-order valence-corrected chi connectivity index (χ3v) is 2.63. The molecular weight excluding hydrogens is 261 g/mol. The zero-order chi connectivity index (χ0) is 14.5. The first-order chi connectivity index (χ1) is 9.65. The summed E-state index contributed by atoms with van der Waals surface area (Å²) in [6.07, 6.45) is 1.40. The molecule has 0 bridgehead atoms. The van der Waals surface area contributed by atoms with E-state index in [1.165, 1.54) is 18.3 Å². The molecule has 0 unspecified atom stereocenters. The van der Waals surface area contributed by atoms with E-state index >= 15 is 0 Å². The van der Waals surface area contributed by atoms with E-state index in [0.717, 1.165) is 0 Å². The molecule has 104 valence electrons. The fourth-order valence-electron chi connectivity index (χ4n) is 1.69. The highest BCUT2D eigenvalue weighted by molar-refractivity contribution is 5.96. The van der Waals surface area contributed by atoms with Gasteiger partial charge in [-0.3, -0.25) is 0 Å². The van der Waals surface area contributed by atoms with Gasteiger partial charge in [0.2, 0.25) is 5.95 Å². The van der Waals surface area contributed by atoms with E-state index in [1.807, 2.05) is 0 Å². The van der Waals surface area contributed by atoms with E-state index in [4.69, 9.17) is 4.74 Å². The maximum absolute atomic E-state index is 13.0. The number of hydrogen-bond acceptors (Lipinski definition) is 5. The highest BCUT2D eigenvalue weighted by atomic mass is 19.1. The molecule has 0 spiro atoms. The van der Waals surface area contributed by atoms with Crippen LogP contribution in [0.1, 0.15) is 17.3 Å². The SMILES string of the molecule is CCOC(=O)c1cnc(NC)nc1-c1ccc(F)cc1. The molecule has 1 heterocycles. The van der Waals surface area contributed by atoms with Crippen molar-refractivity contribution in [3.8, 4) is 11.3 Å². The van der Waals surface area contributed by atoms with Crippen molar-refractivity contribution in [2.45, 2.75) is 6.92 Å². The first-order valence-corrected chi connectivity index (χ1v) is 6.13. The molecule has 0 radical (unpaired) electrons. The lowest BCUT2D eigenvalue weighted by molar-refractivity contribution is 0.0526. The first kappa shape index (κ1) is 13.9. The Morgan fingerprint density at radius 1 is 1.35 bits per heavy atom. The molecule has 0 aliphatic carbocycles. The summed E-state index contributed by atoms with van der Waals surface area (Å²) in [5.41, 5.74) is 1.27. The lowest BCUT2D eigenvalue weighted by atomic mass is 10.1. The molecule has 0 fully saturated rings. The van der Waals surface area contributed by atoms with Crippen LogP contribution in [0, 0.1) is 5.82 Å². The second-order valence-corrected chi connectivity index (χ2v) is 3.93. The van der Waals surface area contributed by atoms with E-state index in [9.17, 15) is 9.18 Å². The fraction of sp³-hybridized carbons (Fsp3) is 0.214. The number of esters is 1. The number of carbonyl (C=O) groups is 1. The van der Waals surface area contributed by atoms with Crippen LogP contribution in [0.25, 0.3) is 11.3 Å². The minimum atomic E-state index is -0.505. The summed E-state index contributed by atoms with van der Waals surface area (Å²) in [6.45, 7) is 1.98. The summed E-state index contributed by atoms with van der Waals surface area (Å²) < 4.78 is 18.0. The number of nitrogens with one attached hydrogen (secondary N) is 1. The summed E-state index contributed by atoms with van der Waals surface area (Å²) in [5, 5.41) is 2.80. The lowest BCUT2D eigenvalue weighted by Crippen LogP contribution is -2.10. The van der Waals surface area contributed by atoms with E-state index in [1.54, 1.807) is 26.1 Å². The van der Waals surface area contributed by atoms with Gasteiger partial charge in [-0.25, -0.2) is 19.2 Å². The van der Waals surface area contributed by atoms with Crippen molar-refractivity contribution in [3.63, 3.8) is 0 Å². The molecule has 2 rings (SSSR count). The van der Waals surface area contributed by atoms with Crippen molar-refractivity contribution >= 4 is 11.9 Å². The van der Waals surface area contributed by atoms with Gasteiger partial charge in [0.1, 0.15) is 11.4 Å². The number of anilines is 1. The van der Waals surface area contributed by atoms with Crippen molar-refractivity contribution in [2.24, 2.45) is 0 Å². The van der Waals surface area contributed by atoms with Crippen LogP contribution < -0.4 is 5.32 Å². The van der Waals surface area contributed by atoms with Gasteiger partial charge in [-0.15, -0.1) is 0 Å². The predicted octanol–water partition coefficient (Wildman–Crippen LogP) is 2.50. The Labute approximate surface area is 115 Å². The topological polar surface area (TPSA) is 64.1 Å². The van der Waals surface area contributed by atoms with Crippen molar-refractivity contribution in [1.82, 2.24) is 9.97 Å². The molecule has 2 aromatic rings. The van der Waals surface area contributed by atoms with Gasteiger partial charge >= 0.3 is 5.97 Å². The van der Waals surface area contributed by atoms with Crippen molar-refractivity contribution in [1.29, 1.82) is 0 Å². The maximum Gasteiger partial charge on any atom is 0.341 e. The van der Waals surface area contributed by atoms with Crippen LogP contribution in [0.5, 0.6) is 0 Å². The summed E-state index contributed by atoms with van der Waals surface area (Å²) >= 11 is 0. The molecule has 5 nitrogen and oxygen atoms in total. The average Bonchev–Trinajstić information content (AvgIpc) is 2.47. The van der Waals surface area contributed by atoms with Gasteiger partial charge in [0.15, 0.2) is 0 Å². The van der Waals surface area contributed by atoms with Gasteiger partial charge in [0, 0.05) is 18.8 Å². The molecule has 20 heavy (non-hydrogen) atoms. The van der Waals surface area contributed by atoms with Crippen LogP contribution in [0.15, 0.2) is 30.5 Å². The van der Waals surface area contributed by atoms with Crippen LogP contribution in [-0.2, 0) is 4.74 Å². The molecule has 6 heteroatoms. The van der Waals surface area contributed by atoms with Crippen LogP contribution >= 0.6 is 0 Å². The Morgan fingerprint density at radius 2 is 2.05 bits per heavy atom. The normalized spacial score (nSPS) is 10.2. The highest BCUT2D eigenvalue weighted by Crippen LogP contribution is 2.23. The molecule has 0 saturated heterocycles. The smallest absolute Gasteiger partial charge is 0.341 e. The van der Waals surface area contributed by atoms with Gasteiger partial charge in [0.25, 0.3) is 0 Å². The van der Waals surface area contributed by atoms with Crippen molar-refractivity contribution in [2.75, 3.05) is 19.0 Å². The molecule has 0 saturated carbocycles. The standard InChI is InChI=1S/C14H14FN3O2/c1-3-20-13(19)11-8-17-14(16-2)18-12(11)9-4-6-10(15)7-5-9/h4-8H,3H2,1-2H3,(H,16,17,18). The summed E-state index contributed by atoms with van der Waals surface area (Å²) in [7, 11) is 1.67. The zero-order valence-corrected chi connectivity index (χ0v) is 11.2. The fourth-order valence-corrected chi connectivity index (χ4v) is 1.69. The Kier molecular flexibility index (Phi) is 4.24. The number of aromatic nitrogens is 2. The molecule has 0 aliphatic heterocycles. The molecule has 1 N–H and O–H groups in total. The van der Waals surface area contributed by atoms with Gasteiger partial charge in [-0.2, -0.15) is 0 Å². The van der Waals surface area contributed by atoms with Gasteiger partial charge in [-0.05, 0) is 31.2 Å². The molecule has 1 aromatic carbocycles. The first-order valence-electron chi connectivity index (χ1n) is 6.13. The van der Waals surface area contributed by atoms with Gasteiger partial charge < -0.3 is 10.1 Å². The molecule has 0 aliphatic rings. The van der Waals surface area contributed by atoms with Gasteiger partial charge in [0.05, 0.1) is 12.3 Å². The quantitative estimate of drug-likeness (QED) is 0.868. The summed E-state index contributed by atoms with van der Waals surface area (Å²) in [6, 6.07) is 5.73. The van der Waals surface area contributed by atoms with E-state index in [0.29, 0.717) is 17.2 Å². The summed E-state index contributed by atoms with van der Waals surface area (Å²) in [4.78, 5) is 20.2.